The summed E-state index contributed by atoms with van der Waals surface area (Å²) in [6.45, 7) is 3.48. The lowest BCUT2D eigenvalue weighted by molar-refractivity contribution is 0.269. The smallest absolute Gasteiger partial charge is 0.165 e. The van der Waals surface area contributed by atoms with E-state index >= 15 is 0 Å². The molecule has 2 rings (SSSR count). The van der Waals surface area contributed by atoms with Crippen molar-refractivity contribution in [3.8, 4) is 11.4 Å². The number of nitrogens with zero attached hydrogens (tertiary/aromatic N) is 2. The van der Waals surface area contributed by atoms with Crippen molar-refractivity contribution in [1.82, 2.24) is 9.97 Å². The van der Waals surface area contributed by atoms with E-state index in [1.165, 1.54) is 0 Å². The molecule has 88 valence electrons. The first-order valence-corrected chi connectivity index (χ1v) is 5.32. The molecule has 0 aliphatic rings. The van der Waals surface area contributed by atoms with E-state index in [0.29, 0.717) is 5.82 Å². The topological polar surface area (TPSA) is 46.0 Å². The average Bonchev–Trinajstić information content (AvgIpc) is 2.31. The van der Waals surface area contributed by atoms with Gasteiger partial charge in [0.1, 0.15) is 5.69 Å². The van der Waals surface area contributed by atoms with Crippen molar-refractivity contribution in [2.75, 3.05) is 0 Å². The van der Waals surface area contributed by atoms with E-state index in [4.69, 9.17) is 5.11 Å². The number of aromatic nitrogens is 2. The minimum Gasteiger partial charge on any atom is -0.390 e. The van der Waals surface area contributed by atoms with E-state index in [1.807, 2.05) is 32.0 Å². The molecular formula is C13H13FN2O. The number of hydrogen-bond acceptors (Lipinski definition) is 3. The predicted molar refractivity (Wildman–Crippen MR) is 62.8 cm³/mol. The first kappa shape index (κ1) is 11.7. The Morgan fingerprint density at radius 2 is 1.88 bits per heavy atom. The molecule has 2 aromatic rings. The molecule has 0 atom stereocenters. The summed E-state index contributed by atoms with van der Waals surface area (Å²) in [5.74, 6) is -0.131. The number of halogens is 1. The summed E-state index contributed by atoms with van der Waals surface area (Å²) in [4.78, 5) is 8.03. The molecule has 0 amide bonds. The fraction of sp³-hybridized carbons (Fsp3) is 0.231. The van der Waals surface area contributed by atoms with Gasteiger partial charge in [0.05, 0.1) is 12.8 Å². The van der Waals surface area contributed by atoms with E-state index in [-0.39, 0.29) is 5.69 Å². The average molecular weight is 232 g/mol. The molecule has 0 fully saturated rings. The van der Waals surface area contributed by atoms with Crippen molar-refractivity contribution >= 4 is 0 Å². The number of hydrogen-bond donors (Lipinski definition) is 1. The zero-order chi connectivity index (χ0) is 12.4. The number of rotatable bonds is 2. The zero-order valence-electron chi connectivity index (χ0n) is 9.74. The number of aryl methyl sites for hydroxylation is 2. The van der Waals surface area contributed by atoms with Gasteiger partial charge in [0.2, 0.25) is 0 Å². The third-order valence-electron chi connectivity index (χ3n) is 2.67. The Hall–Kier alpha value is -1.81. The van der Waals surface area contributed by atoms with Crippen molar-refractivity contribution in [1.29, 1.82) is 0 Å². The van der Waals surface area contributed by atoms with Crippen LogP contribution in [0.3, 0.4) is 0 Å². The number of aliphatic hydroxyl groups excluding tert-OH is 1. The Bertz CT molecular complexity index is 535. The maximum Gasteiger partial charge on any atom is 0.165 e. The zero-order valence-corrected chi connectivity index (χ0v) is 9.74. The quantitative estimate of drug-likeness (QED) is 0.864. The lowest BCUT2D eigenvalue weighted by atomic mass is 10.0. The van der Waals surface area contributed by atoms with Gasteiger partial charge in [-0.2, -0.15) is 0 Å². The third-order valence-corrected chi connectivity index (χ3v) is 2.67. The lowest BCUT2D eigenvalue weighted by Crippen LogP contribution is -2.01. The molecular weight excluding hydrogens is 219 g/mol. The van der Waals surface area contributed by atoms with Gasteiger partial charge in [-0.3, -0.25) is 0 Å². The maximum absolute atomic E-state index is 13.2. The highest BCUT2D eigenvalue weighted by Gasteiger charge is 2.11. The second-order valence-corrected chi connectivity index (χ2v) is 3.91. The molecule has 4 heteroatoms. The van der Waals surface area contributed by atoms with Gasteiger partial charge in [0.15, 0.2) is 11.6 Å². The number of benzene rings is 1. The Labute approximate surface area is 99.0 Å². The van der Waals surface area contributed by atoms with Crippen LogP contribution in [0.1, 0.15) is 16.8 Å². The van der Waals surface area contributed by atoms with Crippen LogP contribution >= 0.6 is 0 Å². The fourth-order valence-electron chi connectivity index (χ4n) is 1.80. The van der Waals surface area contributed by atoms with E-state index in [9.17, 15) is 4.39 Å². The highest BCUT2D eigenvalue weighted by molar-refractivity contribution is 5.64. The van der Waals surface area contributed by atoms with Crippen LogP contribution in [-0.2, 0) is 6.61 Å². The van der Waals surface area contributed by atoms with Gasteiger partial charge in [-0.25, -0.2) is 14.4 Å². The number of aliphatic hydroxyl groups is 1. The van der Waals surface area contributed by atoms with Crippen molar-refractivity contribution in [3.63, 3.8) is 0 Å². The van der Waals surface area contributed by atoms with Gasteiger partial charge >= 0.3 is 0 Å². The van der Waals surface area contributed by atoms with Crippen molar-refractivity contribution in [2.24, 2.45) is 0 Å². The summed E-state index contributed by atoms with van der Waals surface area (Å²) in [5.41, 5.74) is 2.97. The van der Waals surface area contributed by atoms with Crippen LogP contribution in [0, 0.1) is 19.7 Å². The minimum atomic E-state index is -0.581. The summed E-state index contributed by atoms with van der Waals surface area (Å²) in [5, 5.41) is 9.00. The molecule has 1 aromatic heterocycles. The van der Waals surface area contributed by atoms with Gasteiger partial charge < -0.3 is 5.11 Å². The molecule has 1 aromatic carbocycles. The molecule has 0 radical (unpaired) electrons. The Balaban J connectivity index is 2.61. The molecule has 0 saturated heterocycles. The molecule has 0 aliphatic heterocycles. The summed E-state index contributed by atoms with van der Waals surface area (Å²) in [7, 11) is 0. The summed E-state index contributed by atoms with van der Waals surface area (Å²) < 4.78 is 13.2. The van der Waals surface area contributed by atoms with Gasteiger partial charge in [-0.1, -0.05) is 18.2 Å². The molecule has 0 aliphatic carbocycles. The molecule has 1 heterocycles. The SMILES string of the molecule is Cc1cccc(C)c1-c1ncc(F)c(CO)n1. The maximum atomic E-state index is 13.2. The molecule has 3 nitrogen and oxygen atoms in total. The van der Waals surface area contributed by atoms with E-state index in [1.54, 1.807) is 0 Å². The molecule has 1 N–H and O–H groups in total. The normalized spacial score (nSPS) is 10.6. The monoisotopic (exact) mass is 232 g/mol. The van der Waals surface area contributed by atoms with Crippen molar-refractivity contribution in [2.45, 2.75) is 20.5 Å². The first-order valence-electron chi connectivity index (χ1n) is 5.32. The standard InChI is InChI=1S/C13H13FN2O/c1-8-4-3-5-9(2)12(8)13-15-6-10(14)11(7-17)16-13/h3-6,17H,7H2,1-2H3. The summed E-state index contributed by atoms with van der Waals surface area (Å²) in [6, 6.07) is 5.85. The Kier molecular flexibility index (Phi) is 3.15. The van der Waals surface area contributed by atoms with Crippen LogP contribution < -0.4 is 0 Å². The lowest BCUT2D eigenvalue weighted by Gasteiger charge is -2.09. The summed E-state index contributed by atoms with van der Waals surface area (Å²) in [6.07, 6.45) is 1.10. The summed E-state index contributed by atoms with van der Waals surface area (Å²) >= 11 is 0. The van der Waals surface area contributed by atoms with Gasteiger partial charge in [0.25, 0.3) is 0 Å². The van der Waals surface area contributed by atoms with E-state index in [0.717, 1.165) is 22.9 Å². The Morgan fingerprint density at radius 3 is 2.47 bits per heavy atom. The second kappa shape index (κ2) is 4.59. The molecule has 17 heavy (non-hydrogen) atoms. The second-order valence-electron chi connectivity index (χ2n) is 3.91. The fourth-order valence-corrected chi connectivity index (χ4v) is 1.80. The van der Waals surface area contributed by atoms with E-state index in [2.05, 4.69) is 9.97 Å². The van der Waals surface area contributed by atoms with Crippen LogP contribution in [0.5, 0.6) is 0 Å². The van der Waals surface area contributed by atoms with Gasteiger partial charge in [-0.15, -0.1) is 0 Å². The van der Waals surface area contributed by atoms with Gasteiger partial charge in [-0.05, 0) is 25.0 Å². The predicted octanol–water partition coefficient (Wildman–Crippen LogP) is 2.39. The largest absolute Gasteiger partial charge is 0.390 e. The van der Waals surface area contributed by atoms with Crippen molar-refractivity contribution in [3.05, 3.63) is 47.0 Å². The molecule has 0 unspecified atom stereocenters. The Morgan fingerprint density at radius 1 is 1.24 bits per heavy atom. The van der Waals surface area contributed by atoms with Crippen molar-refractivity contribution < 1.29 is 9.50 Å². The van der Waals surface area contributed by atoms with Crippen LogP contribution in [0.2, 0.25) is 0 Å². The van der Waals surface area contributed by atoms with E-state index < -0.39 is 12.4 Å². The molecule has 0 spiro atoms. The van der Waals surface area contributed by atoms with Crippen LogP contribution in [0.4, 0.5) is 4.39 Å². The van der Waals surface area contributed by atoms with Gasteiger partial charge in [0, 0.05) is 5.56 Å². The highest BCUT2D eigenvalue weighted by Crippen LogP contribution is 2.24. The van der Waals surface area contributed by atoms with Crippen LogP contribution in [-0.4, -0.2) is 15.1 Å². The molecule has 0 saturated carbocycles. The first-order chi connectivity index (χ1) is 8.13. The minimum absolute atomic E-state index is 0.0256. The third kappa shape index (κ3) is 2.17. The molecule has 0 bridgehead atoms. The van der Waals surface area contributed by atoms with Crippen LogP contribution in [0.25, 0.3) is 11.4 Å². The highest BCUT2D eigenvalue weighted by atomic mass is 19.1. The van der Waals surface area contributed by atoms with Crippen LogP contribution in [0.15, 0.2) is 24.4 Å².